The molecule has 3 rings (SSSR count). The zero-order valence-corrected chi connectivity index (χ0v) is 13.8. The van der Waals surface area contributed by atoms with Gasteiger partial charge in [-0.1, -0.05) is 24.3 Å². The molecule has 0 spiro atoms. The molecule has 25 heavy (non-hydrogen) atoms. The lowest BCUT2D eigenvalue weighted by atomic mass is 10.1. The maximum atomic E-state index is 13.9. The summed E-state index contributed by atoms with van der Waals surface area (Å²) in [4.78, 5) is 25.8. The molecule has 0 saturated carbocycles. The van der Waals surface area contributed by atoms with Crippen molar-refractivity contribution in [1.29, 1.82) is 0 Å². The van der Waals surface area contributed by atoms with Gasteiger partial charge in [-0.3, -0.25) is 9.59 Å². The number of para-hydroxylation sites is 1. The number of rotatable bonds is 4. The van der Waals surface area contributed by atoms with E-state index < -0.39 is 11.7 Å². The van der Waals surface area contributed by atoms with E-state index in [2.05, 4.69) is 5.32 Å². The van der Waals surface area contributed by atoms with Crippen LogP contribution in [0, 0.1) is 24.5 Å². The van der Waals surface area contributed by atoms with Crippen LogP contribution in [0.15, 0.2) is 42.5 Å². The molecule has 1 heterocycles. The van der Waals surface area contributed by atoms with Crippen molar-refractivity contribution in [2.24, 2.45) is 5.92 Å². The van der Waals surface area contributed by atoms with E-state index in [9.17, 15) is 18.4 Å². The van der Waals surface area contributed by atoms with Crippen LogP contribution >= 0.6 is 0 Å². The Bertz CT molecular complexity index is 823. The molecule has 0 aromatic heterocycles. The summed E-state index contributed by atoms with van der Waals surface area (Å²) in [6.45, 7) is 2.06. The molecule has 0 bridgehead atoms. The number of anilines is 1. The number of benzene rings is 2. The predicted molar refractivity (Wildman–Crippen MR) is 89.8 cm³/mol. The molecule has 1 N–H and O–H groups in total. The molecule has 0 aliphatic carbocycles. The molecule has 1 aliphatic heterocycles. The minimum absolute atomic E-state index is 0.0443. The third-order valence-corrected chi connectivity index (χ3v) is 4.33. The Hall–Kier alpha value is -2.76. The van der Waals surface area contributed by atoms with E-state index in [0.717, 1.165) is 5.56 Å². The van der Waals surface area contributed by atoms with Gasteiger partial charge in [0.05, 0.1) is 11.6 Å². The first-order valence-electron chi connectivity index (χ1n) is 8.03. The smallest absolute Gasteiger partial charge is 0.227 e. The quantitative estimate of drug-likeness (QED) is 0.927. The van der Waals surface area contributed by atoms with Gasteiger partial charge >= 0.3 is 0 Å². The number of carbonyl (C=O) groups is 2. The lowest BCUT2D eigenvalue weighted by Crippen LogP contribution is -2.32. The molecule has 1 fully saturated rings. The summed E-state index contributed by atoms with van der Waals surface area (Å²) in [7, 11) is 0. The highest BCUT2D eigenvalue weighted by Crippen LogP contribution is 2.27. The van der Waals surface area contributed by atoms with Crippen molar-refractivity contribution in [1.82, 2.24) is 5.32 Å². The summed E-state index contributed by atoms with van der Waals surface area (Å²) >= 11 is 0. The van der Waals surface area contributed by atoms with Crippen LogP contribution in [0.2, 0.25) is 0 Å². The number of halogens is 2. The Morgan fingerprint density at radius 1 is 1.20 bits per heavy atom. The molecule has 0 unspecified atom stereocenters. The van der Waals surface area contributed by atoms with E-state index in [1.807, 2.05) is 0 Å². The van der Waals surface area contributed by atoms with Gasteiger partial charge in [0.2, 0.25) is 11.8 Å². The Morgan fingerprint density at radius 3 is 2.68 bits per heavy atom. The van der Waals surface area contributed by atoms with Crippen molar-refractivity contribution in [2.75, 3.05) is 11.4 Å². The van der Waals surface area contributed by atoms with Gasteiger partial charge in [-0.05, 0) is 36.2 Å². The third kappa shape index (κ3) is 3.68. The second-order valence-electron chi connectivity index (χ2n) is 6.16. The largest absolute Gasteiger partial charge is 0.352 e. The Balaban J connectivity index is 1.63. The minimum Gasteiger partial charge on any atom is -0.352 e. The SMILES string of the molecule is Cc1cc(CNC(=O)[C@@H]2CC(=O)N(c3ccccc3F)C2)ccc1F. The minimum atomic E-state index is -0.534. The van der Waals surface area contributed by atoms with Crippen LogP contribution in [-0.2, 0) is 16.1 Å². The van der Waals surface area contributed by atoms with Crippen molar-refractivity contribution < 1.29 is 18.4 Å². The summed E-state index contributed by atoms with van der Waals surface area (Å²) in [6.07, 6.45) is 0.0443. The fourth-order valence-electron chi connectivity index (χ4n) is 2.94. The summed E-state index contributed by atoms with van der Waals surface area (Å²) in [5.74, 6) is -1.86. The van der Waals surface area contributed by atoms with E-state index in [1.54, 1.807) is 31.2 Å². The monoisotopic (exact) mass is 344 g/mol. The van der Waals surface area contributed by atoms with Crippen LogP contribution in [0.25, 0.3) is 0 Å². The van der Waals surface area contributed by atoms with Crippen molar-refractivity contribution in [3.8, 4) is 0 Å². The molecule has 6 heteroatoms. The van der Waals surface area contributed by atoms with Crippen LogP contribution in [-0.4, -0.2) is 18.4 Å². The summed E-state index contributed by atoms with van der Waals surface area (Å²) in [6, 6.07) is 10.6. The topological polar surface area (TPSA) is 49.4 Å². The normalized spacial score (nSPS) is 17.0. The highest BCUT2D eigenvalue weighted by atomic mass is 19.1. The van der Waals surface area contributed by atoms with Gasteiger partial charge in [0, 0.05) is 19.5 Å². The highest BCUT2D eigenvalue weighted by Gasteiger charge is 2.35. The summed E-state index contributed by atoms with van der Waals surface area (Å²) in [5, 5.41) is 2.76. The second-order valence-corrected chi connectivity index (χ2v) is 6.16. The van der Waals surface area contributed by atoms with Crippen LogP contribution in [0.5, 0.6) is 0 Å². The molecule has 2 amide bonds. The number of nitrogens with zero attached hydrogens (tertiary/aromatic N) is 1. The summed E-state index contributed by atoms with van der Waals surface area (Å²) < 4.78 is 27.1. The zero-order chi connectivity index (χ0) is 18.0. The van der Waals surface area contributed by atoms with E-state index in [4.69, 9.17) is 0 Å². The lowest BCUT2D eigenvalue weighted by Gasteiger charge is -2.17. The Morgan fingerprint density at radius 2 is 1.96 bits per heavy atom. The molecule has 1 saturated heterocycles. The maximum absolute atomic E-state index is 13.9. The molecular formula is C19H18F2N2O2. The molecule has 4 nitrogen and oxygen atoms in total. The molecule has 2 aromatic rings. The number of nitrogens with one attached hydrogen (secondary N) is 1. The highest BCUT2D eigenvalue weighted by molar-refractivity contribution is 6.00. The number of carbonyl (C=O) groups excluding carboxylic acids is 2. The second kappa shape index (κ2) is 7.01. The lowest BCUT2D eigenvalue weighted by molar-refractivity contribution is -0.126. The van der Waals surface area contributed by atoms with Crippen LogP contribution < -0.4 is 10.2 Å². The average Bonchev–Trinajstić information content (AvgIpc) is 2.98. The van der Waals surface area contributed by atoms with Gasteiger partial charge in [-0.15, -0.1) is 0 Å². The molecule has 130 valence electrons. The van der Waals surface area contributed by atoms with Gasteiger partial charge in [-0.25, -0.2) is 8.78 Å². The molecular weight excluding hydrogens is 326 g/mol. The number of hydrogen-bond donors (Lipinski definition) is 1. The third-order valence-electron chi connectivity index (χ3n) is 4.33. The first kappa shape index (κ1) is 17.1. The maximum Gasteiger partial charge on any atom is 0.227 e. The Labute approximate surface area is 144 Å². The van der Waals surface area contributed by atoms with Gasteiger partial charge < -0.3 is 10.2 Å². The fourth-order valence-corrected chi connectivity index (χ4v) is 2.94. The van der Waals surface area contributed by atoms with Crippen LogP contribution in [0.3, 0.4) is 0 Å². The first-order valence-corrected chi connectivity index (χ1v) is 8.03. The van der Waals surface area contributed by atoms with Crippen molar-refractivity contribution >= 4 is 17.5 Å². The van der Waals surface area contributed by atoms with Crippen molar-refractivity contribution in [3.63, 3.8) is 0 Å². The van der Waals surface area contributed by atoms with E-state index in [0.29, 0.717) is 5.56 Å². The van der Waals surface area contributed by atoms with Crippen LogP contribution in [0.1, 0.15) is 17.5 Å². The standard InChI is InChI=1S/C19H18F2N2O2/c1-12-8-13(6-7-15(12)20)10-22-19(25)14-9-18(24)23(11-14)17-5-3-2-4-16(17)21/h2-8,14H,9-11H2,1H3,(H,22,25)/t14-/m1/s1. The average molecular weight is 344 g/mol. The van der Waals surface area contributed by atoms with E-state index >= 15 is 0 Å². The molecule has 1 aliphatic rings. The number of aryl methyl sites for hydroxylation is 1. The van der Waals surface area contributed by atoms with E-state index in [1.165, 1.54) is 23.1 Å². The Kier molecular flexibility index (Phi) is 4.79. The zero-order valence-electron chi connectivity index (χ0n) is 13.8. The molecule has 1 atom stereocenters. The van der Waals surface area contributed by atoms with Crippen LogP contribution in [0.4, 0.5) is 14.5 Å². The van der Waals surface area contributed by atoms with Crippen molar-refractivity contribution in [2.45, 2.75) is 19.9 Å². The first-order chi connectivity index (χ1) is 12.0. The fraction of sp³-hybridized carbons (Fsp3) is 0.263. The molecule has 2 aromatic carbocycles. The van der Waals surface area contributed by atoms with Gasteiger partial charge in [0.15, 0.2) is 0 Å². The van der Waals surface area contributed by atoms with Gasteiger partial charge in [0.1, 0.15) is 11.6 Å². The predicted octanol–water partition coefficient (Wildman–Crippen LogP) is 2.94. The summed E-state index contributed by atoms with van der Waals surface area (Å²) in [5.41, 5.74) is 1.48. The van der Waals surface area contributed by atoms with Gasteiger partial charge in [-0.2, -0.15) is 0 Å². The molecule has 0 radical (unpaired) electrons. The number of hydrogen-bond acceptors (Lipinski definition) is 2. The van der Waals surface area contributed by atoms with Gasteiger partial charge in [0.25, 0.3) is 0 Å². The van der Waals surface area contributed by atoms with Crippen molar-refractivity contribution in [3.05, 3.63) is 65.2 Å². The number of amides is 2. The van der Waals surface area contributed by atoms with E-state index in [-0.39, 0.29) is 42.8 Å².